The smallest absolute Gasteiger partial charge is 0.383 e. The Morgan fingerprint density at radius 2 is 2.00 bits per heavy atom. The molecule has 8 nitrogen and oxygen atoms in total. The number of pyridine rings is 2. The van der Waals surface area contributed by atoms with E-state index in [2.05, 4.69) is 15.0 Å². The topological polar surface area (TPSA) is 106 Å². The Morgan fingerprint density at radius 1 is 1.23 bits per heavy atom. The van der Waals surface area contributed by atoms with Crippen LogP contribution in [-0.2, 0) is 35.5 Å². The van der Waals surface area contributed by atoms with E-state index in [9.17, 15) is 18.0 Å². The molecule has 2 aliphatic heterocycles. The molecule has 1 amide bonds. The van der Waals surface area contributed by atoms with Gasteiger partial charge in [0.1, 0.15) is 11.5 Å². The quantitative estimate of drug-likeness (QED) is 0.644. The Kier molecular flexibility index (Phi) is 4.41. The minimum Gasteiger partial charge on any atom is -0.383 e. The predicted molar refractivity (Wildman–Crippen MR) is 103 cm³/mol. The van der Waals surface area contributed by atoms with Gasteiger partial charge in [-0.25, -0.2) is 4.98 Å². The minimum atomic E-state index is -4.50. The molecule has 0 aliphatic carbocycles. The summed E-state index contributed by atoms with van der Waals surface area (Å²) in [5.41, 5.74) is 9.04. The van der Waals surface area contributed by atoms with E-state index in [0.717, 1.165) is 23.4 Å². The standard InChI is InChI=1S/C20H18F3N5O3/c1-28(15-8-30-5-9-2-10(20(21,22)23)4-25-16(9)15)19(29)14-3-13-17(26-14)11-6-31-7-12(11)18(24)27-13/h2-4,15,26H,5-8H2,1H3,(H2,24,27)/t15-/m0/s1. The SMILES string of the molecule is CN(C(=O)c1cc2nc(N)c3c(c2[nH]1)COC3)[C@H]1COCc2cc(C(F)(F)F)cnc21. The number of hydrogen-bond acceptors (Lipinski definition) is 6. The van der Waals surface area contributed by atoms with Crippen molar-refractivity contribution in [2.75, 3.05) is 19.4 Å². The highest BCUT2D eigenvalue weighted by Gasteiger charge is 2.35. The summed E-state index contributed by atoms with van der Waals surface area (Å²) in [5.74, 6) is -0.00184. The number of aromatic amines is 1. The largest absolute Gasteiger partial charge is 0.417 e. The maximum absolute atomic E-state index is 13.2. The number of anilines is 1. The summed E-state index contributed by atoms with van der Waals surface area (Å²) in [6.07, 6.45) is -3.71. The zero-order valence-electron chi connectivity index (χ0n) is 16.4. The van der Waals surface area contributed by atoms with E-state index in [1.807, 2.05) is 0 Å². The van der Waals surface area contributed by atoms with Crippen LogP contribution < -0.4 is 5.73 Å². The Morgan fingerprint density at radius 3 is 2.77 bits per heavy atom. The number of ether oxygens (including phenoxy) is 2. The summed E-state index contributed by atoms with van der Waals surface area (Å²) in [7, 11) is 1.56. The monoisotopic (exact) mass is 433 g/mol. The number of likely N-dealkylation sites (N-methyl/N-ethyl adjacent to an activating group) is 1. The molecule has 31 heavy (non-hydrogen) atoms. The maximum Gasteiger partial charge on any atom is 0.417 e. The highest BCUT2D eigenvalue weighted by Crippen LogP contribution is 2.35. The summed E-state index contributed by atoms with van der Waals surface area (Å²) >= 11 is 0. The summed E-state index contributed by atoms with van der Waals surface area (Å²) in [6.45, 7) is 0.876. The van der Waals surface area contributed by atoms with Crippen LogP contribution in [0, 0.1) is 0 Å². The fourth-order valence-electron chi connectivity index (χ4n) is 4.03. The van der Waals surface area contributed by atoms with Crippen LogP contribution in [0.4, 0.5) is 19.0 Å². The van der Waals surface area contributed by atoms with Crippen LogP contribution in [0.3, 0.4) is 0 Å². The van der Waals surface area contributed by atoms with E-state index in [0.29, 0.717) is 41.3 Å². The number of nitrogen functional groups attached to an aromatic ring is 1. The minimum absolute atomic E-state index is 0.00645. The van der Waals surface area contributed by atoms with Crippen molar-refractivity contribution in [3.8, 4) is 0 Å². The summed E-state index contributed by atoms with van der Waals surface area (Å²) in [4.78, 5) is 26.0. The number of carbonyl (C=O) groups is 1. The first kappa shape index (κ1) is 19.8. The van der Waals surface area contributed by atoms with Crippen molar-refractivity contribution in [2.45, 2.75) is 32.0 Å². The molecular formula is C20H18F3N5O3. The van der Waals surface area contributed by atoms with Crippen molar-refractivity contribution in [1.29, 1.82) is 0 Å². The number of nitrogens with zero attached hydrogens (tertiary/aromatic N) is 3. The van der Waals surface area contributed by atoms with Gasteiger partial charge in [0.2, 0.25) is 0 Å². The lowest BCUT2D eigenvalue weighted by Crippen LogP contribution is -2.37. The molecule has 0 saturated carbocycles. The number of amides is 1. The first-order chi connectivity index (χ1) is 14.7. The van der Waals surface area contributed by atoms with Crippen molar-refractivity contribution in [2.24, 2.45) is 0 Å². The van der Waals surface area contributed by atoms with Crippen LogP contribution in [0.25, 0.3) is 11.0 Å². The molecule has 0 bridgehead atoms. The fourth-order valence-corrected chi connectivity index (χ4v) is 4.03. The molecule has 0 saturated heterocycles. The highest BCUT2D eigenvalue weighted by atomic mass is 19.4. The first-order valence-electron chi connectivity index (χ1n) is 9.52. The molecule has 3 aromatic heterocycles. The third-order valence-electron chi connectivity index (χ3n) is 5.70. The number of nitrogens with one attached hydrogen (secondary N) is 1. The molecule has 0 spiro atoms. The lowest BCUT2D eigenvalue weighted by molar-refractivity contribution is -0.138. The van der Waals surface area contributed by atoms with E-state index in [-0.39, 0.29) is 24.8 Å². The van der Waals surface area contributed by atoms with Gasteiger partial charge in [-0.15, -0.1) is 0 Å². The Balaban J connectivity index is 1.48. The number of H-pyrrole nitrogens is 1. The summed E-state index contributed by atoms with van der Waals surface area (Å²) in [5, 5.41) is 0. The summed E-state index contributed by atoms with van der Waals surface area (Å²) in [6, 6.07) is 2.00. The van der Waals surface area contributed by atoms with Gasteiger partial charge < -0.3 is 25.1 Å². The van der Waals surface area contributed by atoms with Gasteiger partial charge in [-0.3, -0.25) is 9.78 Å². The third-order valence-corrected chi connectivity index (χ3v) is 5.70. The normalized spacial score (nSPS) is 18.1. The maximum atomic E-state index is 13.2. The van der Waals surface area contributed by atoms with Crippen LogP contribution >= 0.6 is 0 Å². The van der Waals surface area contributed by atoms with E-state index < -0.39 is 17.8 Å². The van der Waals surface area contributed by atoms with Crippen molar-refractivity contribution in [1.82, 2.24) is 19.9 Å². The van der Waals surface area contributed by atoms with Gasteiger partial charge in [0.05, 0.1) is 54.8 Å². The highest BCUT2D eigenvalue weighted by molar-refractivity contribution is 5.98. The number of hydrogen-bond donors (Lipinski definition) is 2. The fraction of sp³-hybridized carbons (Fsp3) is 0.350. The van der Waals surface area contributed by atoms with Gasteiger partial charge >= 0.3 is 6.18 Å². The van der Waals surface area contributed by atoms with Crippen LogP contribution in [0.1, 0.15) is 44.5 Å². The molecule has 162 valence electrons. The molecular weight excluding hydrogens is 415 g/mol. The number of halogens is 3. The van der Waals surface area contributed by atoms with Gasteiger partial charge in [-0.1, -0.05) is 0 Å². The average molecular weight is 433 g/mol. The van der Waals surface area contributed by atoms with E-state index >= 15 is 0 Å². The molecule has 0 unspecified atom stereocenters. The van der Waals surface area contributed by atoms with E-state index in [4.69, 9.17) is 15.2 Å². The molecule has 5 heterocycles. The lowest BCUT2D eigenvalue weighted by atomic mass is 10.0. The first-order valence-corrected chi connectivity index (χ1v) is 9.52. The van der Waals surface area contributed by atoms with Crippen LogP contribution in [0.15, 0.2) is 18.3 Å². The molecule has 11 heteroatoms. The molecule has 3 N–H and O–H groups in total. The van der Waals surface area contributed by atoms with Gasteiger partial charge in [0.25, 0.3) is 5.91 Å². The second-order valence-corrected chi connectivity index (χ2v) is 7.60. The summed E-state index contributed by atoms with van der Waals surface area (Å²) < 4.78 is 50.0. The molecule has 1 atom stereocenters. The second-order valence-electron chi connectivity index (χ2n) is 7.60. The van der Waals surface area contributed by atoms with Gasteiger partial charge in [-0.05, 0) is 12.1 Å². The number of nitrogens with two attached hydrogens (primary N) is 1. The lowest BCUT2D eigenvalue weighted by Gasteiger charge is -2.32. The average Bonchev–Trinajstić information content (AvgIpc) is 3.38. The van der Waals surface area contributed by atoms with Gasteiger partial charge in [0.15, 0.2) is 0 Å². The molecule has 5 rings (SSSR count). The van der Waals surface area contributed by atoms with Crippen LogP contribution in [0.5, 0.6) is 0 Å². The molecule has 0 radical (unpaired) electrons. The van der Waals surface area contributed by atoms with E-state index in [1.165, 1.54) is 4.90 Å². The number of carbonyl (C=O) groups excluding carboxylic acids is 1. The van der Waals surface area contributed by atoms with Crippen molar-refractivity contribution in [3.05, 3.63) is 52.0 Å². The Labute approximate surface area is 174 Å². The number of aromatic nitrogens is 3. The molecule has 0 fully saturated rings. The van der Waals surface area contributed by atoms with Crippen molar-refractivity contribution < 1.29 is 27.4 Å². The second kappa shape index (κ2) is 6.92. The molecule has 0 aromatic carbocycles. The zero-order valence-corrected chi connectivity index (χ0v) is 16.4. The third kappa shape index (κ3) is 3.20. The van der Waals surface area contributed by atoms with Crippen LogP contribution in [0.2, 0.25) is 0 Å². The van der Waals surface area contributed by atoms with E-state index in [1.54, 1.807) is 13.1 Å². The van der Waals surface area contributed by atoms with Crippen molar-refractivity contribution >= 4 is 22.8 Å². The predicted octanol–water partition coefficient (Wildman–Crippen LogP) is 2.93. The molecule has 2 aliphatic rings. The zero-order chi connectivity index (χ0) is 21.9. The number of fused-ring (bicyclic) bond motifs is 4. The number of rotatable bonds is 2. The van der Waals surface area contributed by atoms with Gasteiger partial charge in [0, 0.05) is 29.9 Å². The van der Waals surface area contributed by atoms with Gasteiger partial charge in [-0.2, -0.15) is 13.2 Å². The molecule has 3 aromatic rings. The Bertz CT molecular complexity index is 1210. The Hall–Kier alpha value is -3.18. The van der Waals surface area contributed by atoms with Crippen molar-refractivity contribution in [3.63, 3.8) is 0 Å². The van der Waals surface area contributed by atoms with Crippen LogP contribution in [-0.4, -0.2) is 39.4 Å². The number of alkyl halides is 3.